The van der Waals surface area contributed by atoms with Crippen molar-refractivity contribution in [3.8, 4) is 0 Å². The largest absolute Gasteiger partial charge is 0.351 e. The summed E-state index contributed by atoms with van der Waals surface area (Å²) in [4.78, 5) is 23.3. The Labute approximate surface area is 135 Å². The lowest BCUT2D eigenvalue weighted by Gasteiger charge is -2.27. The molecular formula is C15H21ClN4O2. The zero-order chi connectivity index (χ0) is 15.0. The Morgan fingerprint density at radius 2 is 1.73 bits per heavy atom. The van der Waals surface area contributed by atoms with Crippen molar-refractivity contribution in [2.24, 2.45) is 29.2 Å². The predicted octanol–water partition coefficient (Wildman–Crippen LogP) is 1.91. The van der Waals surface area contributed by atoms with E-state index in [1.807, 2.05) is 0 Å². The fraction of sp³-hybridized carbons (Fsp3) is 0.467. The molecule has 4 unspecified atom stereocenters. The van der Waals surface area contributed by atoms with Crippen molar-refractivity contribution < 1.29 is 9.59 Å². The molecule has 22 heavy (non-hydrogen) atoms. The van der Waals surface area contributed by atoms with Crippen LogP contribution in [-0.2, 0) is 4.79 Å². The molecular weight excluding hydrogens is 304 g/mol. The average Bonchev–Trinajstić information content (AvgIpc) is 2.98. The number of hydrogen-bond acceptors (Lipinski definition) is 3. The molecule has 4 atom stereocenters. The summed E-state index contributed by atoms with van der Waals surface area (Å²) in [6.45, 7) is 0. The Morgan fingerprint density at radius 1 is 1.09 bits per heavy atom. The van der Waals surface area contributed by atoms with Crippen molar-refractivity contribution in [2.45, 2.75) is 25.3 Å². The van der Waals surface area contributed by atoms with Crippen molar-refractivity contribution in [2.75, 3.05) is 10.6 Å². The molecule has 2 bridgehead atoms. The van der Waals surface area contributed by atoms with Crippen LogP contribution in [0.25, 0.3) is 0 Å². The topological polar surface area (TPSA) is 110 Å². The van der Waals surface area contributed by atoms with Gasteiger partial charge in [0.1, 0.15) is 0 Å². The van der Waals surface area contributed by atoms with Gasteiger partial charge in [-0.1, -0.05) is 6.07 Å². The molecule has 0 aliphatic heterocycles. The molecule has 2 aliphatic rings. The highest BCUT2D eigenvalue weighted by atomic mass is 35.5. The smallest absolute Gasteiger partial charge is 0.316 e. The summed E-state index contributed by atoms with van der Waals surface area (Å²) in [6, 6.07) is 6.26. The van der Waals surface area contributed by atoms with Crippen LogP contribution in [0.15, 0.2) is 24.3 Å². The molecule has 3 rings (SSSR count). The molecule has 6 N–H and O–H groups in total. The second kappa shape index (κ2) is 6.54. The van der Waals surface area contributed by atoms with E-state index in [-0.39, 0.29) is 30.3 Å². The average molecular weight is 325 g/mol. The van der Waals surface area contributed by atoms with Gasteiger partial charge in [-0.05, 0) is 49.3 Å². The number of anilines is 2. The highest BCUT2D eigenvalue weighted by Crippen LogP contribution is 2.47. The highest BCUT2D eigenvalue weighted by molar-refractivity contribution is 5.95. The first-order chi connectivity index (χ1) is 10.0. The standard InChI is InChI=1S/C15H20N4O2.ClH/c16-13-9-5-4-8(6-9)12(13)14(20)18-10-2-1-3-11(7-10)19-15(17)21;/h1-3,7-9,12-13H,4-6,16H2,(H,18,20)(H3,17,19,21);1H. The maximum atomic E-state index is 12.4. The van der Waals surface area contributed by atoms with Crippen LogP contribution in [0.2, 0.25) is 0 Å². The molecule has 0 radical (unpaired) electrons. The molecule has 2 saturated carbocycles. The van der Waals surface area contributed by atoms with Gasteiger partial charge in [0, 0.05) is 17.4 Å². The van der Waals surface area contributed by atoms with Crippen LogP contribution in [0.1, 0.15) is 19.3 Å². The van der Waals surface area contributed by atoms with Crippen LogP contribution in [0.3, 0.4) is 0 Å². The lowest BCUT2D eigenvalue weighted by Crippen LogP contribution is -2.42. The SMILES string of the molecule is Cl.NC(=O)Nc1cccc(NC(=O)C2C3CCC(C3)C2N)c1. The van der Waals surface area contributed by atoms with Crippen molar-refractivity contribution in [1.29, 1.82) is 0 Å². The highest BCUT2D eigenvalue weighted by Gasteiger charge is 2.49. The fourth-order valence-corrected chi connectivity index (χ4v) is 3.77. The van der Waals surface area contributed by atoms with Gasteiger partial charge in [-0.25, -0.2) is 4.79 Å². The first-order valence-corrected chi connectivity index (χ1v) is 7.27. The minimum atomic E-state index is -0.631. The van der Waals surface area contributed by atoms with E-state index in [2.05, 4.69) is 10.6 Å². The first-order valence-electron chi connectivity index (χ1n) is 7.27. The van der Waals surface area contributed by atoms with Crippen LogP contribution < -0.4 is 22.1 Å². The monoisotopic (exact) mass is 324 g/mol. The third-order valence-electron chi connectivity index (χ3n) is 4.68. The number of carbonyl (C=O) groups is 2. The number of amides is 3. The van der Waals surface area contributed by atoms with Gasteiger partial charge in [0.25, 0.3) is 0 Å². The number of benzene rings is 1. The van der Waals surface area contributed by atoms with Gasteiger partial charge in [-0.3, -0.25) is 4.79 Å². The molecule has 120 valence electrons. The van der Waals surface area contributed by atoms with Gasteiger partial charge in [0.05, 0.1) is 5.92 Å². The van der Waals surface area contributed by atoms with E-state index in [0.29, 0.717) is 23.2 Å². The van der Waals surface area contributed by atoms with E-state index in [0.717, 1.165) is 19.3 Å². The van der Waals surface area contributed by atoms with Crippen molar-refractivity contribution in [1.82, 2.24) is 0 Å². The Morgan fingerprint density at radius 3 is 2.32 bits per heavy atom. The summed E-state index contributed by atoms with van der Waals surface area (Å²) in [7, 11) is 0. The molecule has 0 spiro atoms. The molecule has 1 aromatic rings. The number of primary amides is 1. The summed E-state index contributed by atoms with van der Waals surface area (Å²) in [6.07, 6.45) is 3.32. The number of fused-ring (bicyclic) bond motifs is 2. The zero-order valence-electron chi connectivity index (χ0n) is 12.1. The third-order valence-corrected chi connectivity index (χ3v) is 4.68. The molecule has 2 fully saturated rings. The number of halogens is 1. The molecule has 2 aliphatic carbocycles. The van der Waals surface area contributed by atoms with Crippen LogP contribution in [0.4, 0.5) is 16.2 Å². The van der Waals surface area contributed by atoms with Gasteiger partial charge in [0.2, 0.25) is 5.91 Å². The maximum Gasteiger partial charge on any atom is 0.316 e. The van der Waals surface area contributed by atoms with Gasteiger partial charge in [-0.15, -0.1) is 12.4 Å². The van der Waals surface area contributed by atoms with E-state index in [4.69, 9.17) is 11.5 Å². The second-order valence-electron chi connectivity index (χ2n) is 6.00. The second-order valence-corrected chi connectivity index (χ2v) is 6.00. The van der Waals surface area contributed by atoms with Crippen molar-refractivity contribution in [3.05, 3.63) is 24.3 Å². The first kappa shape index (κ1) is 16.6. The summed E-state index contributed by atoms with van der Waals surface area (Å²) >= 11 is 0. The molecule has 0 heterocycles. The van der Waals surface area contributed by atoms with E-state index >= 15 is 0 Å². The number of nitrogens with two attached hydrogens (primary N) is 2. The minimum absolute atomic E-state index is 0. The van der Waals surface area contributed by atoms with E-state index in [1.165, 1.54) is 0 Å². The van der Waals surface area contributed by atoms with E-state index in [1.54, 1.807) is 24.3 Å². The van der Waals surface area contributed by atoms with Crippen molar-refractivity contribution in [3.63, 3.8) is 0 Å². The van der Waals surface area contributed by atoms with Crippen LogP contribution in [0.5, 0.6) is 0 Å². The normalized spacial score (nSPS) is 28.8. The van der Waals surface area contributed by atoms with Gasteiger partial charge in [-0.2, -0.15) is 0 Å². The summed E-state index contributed by atoms with van der Waals surface area (Å²) < 4.78 is 0. The Bertz CT molecular complexity index is 578. The van der Waals surface area contributed by atoms with E-state index in [9.17, 15) is 9.59 Å². The number of urea groups is 1. The molecule has 0 saturated heterocycles. The Kier molecular flexibility index (Phi) is 4.93. The molecule has 7 heteroatoms. The lowest BCUT2D eigenvalue weighted by molar-refractivity contribution is -0.121. The molecule has 6 nitrogen and oxygen atoms in total. The molecule has 1 aromatic carbocycles. The number of carbonyl (C=O) groups excluding carboxylic acids is 2. The molecule has 3 amide bonds. The third kappa shape index (κ3) is 3.18. The minimum Gasteiger partial charge on any atom is -0.351 e. The van der Waals surface area contributed by atoms with Crippen LogP contribution in [0, 0.1) is 17.8 Å². The van der Waals surface area contributed by atoms with Crippen molar-refractivity contribution >= 4 is 35.7 Å². The Balaban J connectivity index is 0.00000176. The summed E-state index contributed by atoms with van der Waals surface area (Å²) in [5.41, 5.74) is 12.5. The zero-order valence-corrected chi connectivity index (χ0v) is 12.9. The number of rotatable bonds is 3. The molecule has 0 aromatic heterocycles. The summed E-state index contributed by atoms with van der Waals surface area (Å²) in [5, 5.41) is 5.39. The Hall–Kier alpha value is -1.79. The number of hydrogen-bond donors (Lipinski definition) is 4. The quantitative estimate of drug-likeness (QED) is 0.681. The summed E-state index contributed by atoms with van der Waals surface area (Å²) in [5.74, 6) is 0.785. The van der Waals surface area contributed by atoms with Gasteiger partial charge >= 0.3 is 6.03 Å². The van der Waals surface area contributed by atoms with Crippen LogP contribution in [-0.4, -0.2) is 18.0 Å². The fourth-order valence-electron chi connectivity index (χ4n) is 3.77. The number of nitrogens with one attached hydrogen (secondary N) is 2. The van der Waals surface area contributed by atoms with Gasteiger partial charge < -0.3 is 22.1 Å². The lowest BCUT2D eigenvalue weighted by atomic mass is 9.84. The van der Waals surface area contributed by atoms with E-state index < -0.39 is 6.03 Å². The maximum absolute atomic E-state index is 12.4. The predicted molar refractivity (Wildman–Crippen MR) is 87.8 cm³/mol. The van der Waals surface area contributed by atoms with Gasteiger partial charge in [0.15, 0.2) is 0 Å². The van der Waals surface area contributed by atoms with Crippen LogP contribution >= 0.6 is 12.4 Å².